The maximum Gasteiger partial charge on any atom is 0.148 e. The largest absolute Gasteiger partial charge is 0.491 e. The smallest absolute Gasteiger partial charge is 0.148 e. The van der Waals surface area contributed by atoms with Gasteiger partial charge in [-0.3, -0.25) is 0 Å². The first-order chi connectivity index (χ1) is 9.20. The number of nitrogens with zero attached hydrogens (tertiary/aromatic N) is 2. The summed E-state index contributed by atoms with van der Waals surface area (Å²) in [6.07, 6.45) is 0. The third-order valence-electron chi connectivity index (χ3n) is 2.40. The van der Waals surface area contributed by atoms with E-state index < -0.39 is 0 Å². The molecule has 2 N–H and O–H groups in total. The van der Waals surface area contributed by atoms with Gasteiger partial charge in [0.1, 0.15) is 17.1 Å². The van der Waals surface area contributed by atoms with Crippen LogP contribution < -0.4 is 10.5 Å². The minimum absolute atomic E-state index is 0.540. The lowest BCUT2D eigenvalue weighted by Crippen LogP contribution is -1.93. The average Bonchev–Trinajstić information content (AvgIpc) is 2.40. The van der Waals surface area contributed by atoms with Gasteiger partial charge in [0, 0.05) is 11.8 Å². The number of rotatable bonds is 4. The second kappa shape index (κ2) is 6.20. The van der Waals surface area contributed by atoms with Crippen molar-refractivity contribution in [3.05, 3.63) is 47.5 Å². The molecule has 5 heteroatoms. The van der Waals surface area contributed by atoms with Crippen molar-refractivity contribution in [2.24, 2.45) is 10.2 Å². The Hall–Kier alpha value is -2.07. The highest BCUT2D eigenvalue weighted by atomic mass is 35.5. The number of hydrogen-bond acceptors (Lipinski definition) is 4. The Morgan fingerprint density at radius 1 is 1.11 bits per heavy atom. The van der Waals surface area contributed by atoms with Crippen LogP contribution >= 0.6 is 11.6 Å². The van der Waals surface area contributed by atoms with E-state index in [4.69, 9.17) is 22.1 Å². The van der Waals surface area contributed by atoms with E-state index in [1.807, 2.05) is 19.1 Å². The van der Waals surface area contributed by atoms with Gasteiger partial charge >= 0.3 is 0 Å². The molecule has 2 aromatic rings. The van der Waals surface area contributed by atoms with E-state index in [9.17, 15) is 0 Å². The number of halogens is 1. The Kier molecular flexibility index (Phi) is 4.36. The van der Waals surface area contributed by atoms with E-state index in [0.29, 0.717) is 34.4 Å². The summed E-state index contributed by atoms with van der Waals surface area (Å²) in [6, 6.07) is 12.5. The fourth-order valence-electron chi connectivity index (χ4n) is 1.53. The molecule has 0 aromatic heterocycles. The fraction of sp³-hybridized carbons (Fsp3) is 0.143. The Labute approximate surface area is 116 Å². The maximum absolute atomic E-state index is 6.01. The molecule has 0 radical (unpaired) electrons. The molecule has 0 unspecified atom stereocenters. The Morgan fingerprint density at radius 2 is 1.84 bits per heavy atom. The minimum Gasteiger partial charge on any atom is -0.491 e. The SMILES string of the molecule is CCOc1cc(N)ccc1N=Nc1ccccc1Cl. The normalized spacial score (nSPS) is 10.8. The van der Waals surface area contributed by atoms with Crippen molar-refractivity contribution in [3.63, 3.8) is 0 Å². The van der Waals surface area contributed by atoms with E-state index in [2.05, 4.69) is 10.2 Å². The molecule has 0 bridgehead atoms. The molecular formula is C14H14ClN3O. The van der Waals surface area contributed by atoms with Crippen LogP contribution in [0.15, 0.2) is 52.7 Å². The molecule has 0 aliphatic rings. The second-order valence-corrected chi connectivity index (χ2v) is 4.22. The highest BCUT2D eigenvalue weighted by Crippen LogP contribution is 2.32. The average molecular weight is 276 g/mol. The molecule has 98 valence electrons. The summed E-state index contributed by atoms with van der Waals surface area (Å²) in [7, 11) is 0. The Morgan fingerprint density at radius 3 is 2.58 bits per heavy atom. The topological polar surface area (TPSA) is 60.0 Å². The molecule has 19 heavy (non-hydrogen) atoms. The first-order valence-corrected chi connectivity index (χ1v) is 6.27. The van der Waals surface area contributed by atoms with Crippen molar-refractivity contribution in [1.29, 1.82) is 0 Å². The highest BCUT2D eigenvalue weighted by molar-refractivity contribution is 6.32. The zero-order valence-corrected chi connectivity index (χ0v) is 11.3. The van der Waals surface area contributed by atoms with Crippen LogP contribution in [0, 0.1) is 0 Å². The van der Waals surface area contributed by atoms with Gasteiger partial charge in [0.2, 0.25) is 0 Å². The van der Waals surface area contributed by atoms with Crippen LogP contribution in [0.4, 0.5) is 17.1 Å². The summed E-state index contributed by atoms with van der Waals surface area (Å²) >= 11 is 6.01. The second-order valence-electron chi connectivity index (χ2n) is 3.81. The molecule has 0 saturated heterocycles. The molecule has 0 atom stereocenters. The quantitative estimate of drug-likeness (QED) is 0.647. The summed E-state index contributed by atoms with van der Waals surface area (Å²) in [5.41, 5.74) is 7.58. The summed E-state index contributed by atoms with van der Waals surface area (Å²) in [5, 5.41) is 8.83. The van der Waals surface area contributed by atoms with E-state index in [1.54, 1.807) is 30.3 Å². The van der Waals surface area contributed by atoms with Crippen LogP contribution in [-0.4, -0.2) is 6.61 Å². The standard InChI is InChI=1S/C14H14ClN3O/c1-2-19-14-9-10(16)7-8-13(14)18-17-12-6-4-3-5-11(12)15/h3-9H,2,16H2,1H3. The lowest BCUT2D eigenvalue weighted by atomic mass is 10.2. The minimum atomic E-state index is 0.540. The number of nitrogens with two attached hydrogens (primary N) is 1. The molecule has 2 aromatic carbocycles. The molecule has 0 fully saturated rings. The number of hydrogen-bond donors (Lipinski definition) is 1. The van der Waals surface area contributed by atoms with Gasteiger partial charge in [0.15, 0.2) is 0 Å². The molecule has 0 aliphatic carbocycles. The predicted octanol–water partition coefficient (Wildman–Crippen LogP) is 4.74. The van der Waals surface area contributed by atoms with E-state index in [-0.39, 0.29) is 0 Å². The molecule has 0 aliphatic heterocycles. The maximum atomic E-state index is 6.01. The summed E-state index contributed by atoms with van der Waals surface area (Å²) in [6.45, 7) is 2.44. The van der Waals surface area contributed by atoms with Crippen LogP contribution in [0.2, 0.25) is 5.02 Å². The molecule has 2 rings (SSSR count). The molecule has 0 saturated carbocycles. The van der Waals surface area contributed by atoms with Crippen LogP contribution in [-0.2, 0) is 0 Å². The summed E-state index contributed by atoms with van der Waals surface area (Å²) in [5.74, 6) is 0.610. The Balaban J connectivity index is 2.30. The molecule has 0 spiro atoms. The first-order valence-electron chi connectivity index (χ1n) is 5.89. The van der Waals surface area contributed by atoms with E-state index >= 15 is 0 Å². The van der Waals surface area contributed by atoms with Crippen LogP contribution in [0.3, 0.4) is 0 Å². The van der Waals surface area contributed by atoms with Crippen molar-refractivity contribution in [3.8, 4) is 5.75 Å². The number of nitrogen functional groups attached to an aromatic ring is 1. The summed E-state index contributed by atoms with van der Waals surface area (Å²) < 4.78 is 5.47. The van der Waals surface area contributed by atoms with E-state index in [0.717, 1.165) is 0 Å². The Bertz CT molecular complexity index is 599. The third kappa shape index (κ3) is 3.45. The predicted molar refractivity (Wildman–Crippen MR) is 77.7 cm³/mol. The van der Waals surface area contributed by atoms with Crippen molar-refractivity contribution in [1.82, 2.24) is 0 Å². The third-order valence-corrected chi connectivity index (χ3v) is 2.72. The van der Waals surface area contributed by atoms with Crippen molar-refractivity contribution >= 4 is 28.7 Å². The highest BCUT2D eigenvalue weighted by Gasteiger charge is 2.03. The van der Waals surface area contributed by atoms with Gasteiger partial charge in [-0.2, -0.15) is 0 Å². The fourth-order valence-corrected chi connectivity index (χ4v) is 1.70. The van der Waals surface area contributed by atoms with Gasteiger partial charge in [0.25, 0.3) is 0 Å². The number of azo groups is 1. The van der Waals surface area contributed by atoms with Gasteiger partial charge in [-0.25, -0.2) is 0 Å². The van der Waals surface area contributed by atoms with Crippen LogP contribution in [0.1, 0.15) is 6.92 Å². The zero-order chi connectivity index (χ0) is 13.7. The van der Waals surface area contributed by atoms with E-state index in [1.165, 1.54) is 0 Å². The van der Waals surface area contributed by atoms with Crippen molar-refractivity contribution in [2.45, 2.75) is 6.92 Å². The summed E-state index contributed by atoms with van der Waals surface area (Å²) in [4.78, 5) is 0. The number of anilines is 1. The van der Waals surface area contributed by atoms with Crippen molar-refractivity contribution in [2.75, 3.05) is 12.3 Å². The monoisotopic (exact) mass is 275 g/mol. The lowest BCUT2D eigenvalue weighted by molar-refractivity contribution is 0.341. The lowest BCUT2D eigenvalue weighted by Gasteiger charge is -2.06. The molecule has 0 amide bonds. The van der Waals surface area contributed by atoms with Gasteiger partial charge in [0.05, 0.1) is 11.6 Å². The van der Waals surface area contributed by atoms with Crippen LogP contribution in [0.25, 0.3) is 0 Å². The molecule has 0 heterocycles. The first kappa shape index (κ1) is 13.4. The zero-order valence-electron chi connectivity index (χ0n) is 10.5. The van der Waals surface area contributed by atoms with Gasteiger partial charge in [-0.1, -0.05) is 23.7 Å². The molecular weight excluding hydrogens is 262 g/mol. The van der Waals surface area contributed by atoms with Crippen molar-refractivity contribution < 1.29 is 4.74 Å². The van der Waals surface area contributed by atoms with Gasteiger partial charge in [-0.05, 0) is 31.2 Å². The number of benzene rings is 2. The number of ether oxygens (including phenoxy) is 1. The van der Waals surface area contributed by atoms with Gasteiger partial charge in [-0.15, -0.1) is 10.2 Å². The van der Waals surface area contributed by atoms with Crippen LogP contribution in [0.5, 0.6) is 5.75 Å². The van der Waals surface area contributed by atoms with Gasteiger partial charge < -0.3 is 10.5 Å². The molecule has 4 nitrogen and oxygen atoms in total.